The van der Waals surface area contributed by atoms with Crippen LogP contribution in [0.1, 0.15) is 6.92 Å². The zero-order valence-electron chi connectivity index (χ0n) is 8.25. The summed E-state index contributed by atoms with van der Waals surface area (Å²) >= 11 is 0. The molecular weight excluding hydrogens is 242 g/mol. The first-order valence-corrected chi connectivity index (χ1v) is 3.35. The summed E-state index contributed by atoms with van der Waals surface area (Å²) in [6.45, 7) is 3.35. The van der Waals surface area contributed by atoms with Crippen LogP contribution < -0.4 is 24.8 Å². The van der Waals surface area contributed by atoms with Gasteiger partial charge in [0.05, 0.1) is 0 Å². The quantitative estimate of drug-likeness (QED) is 0.467. The number of hydrogen-bond acceptors (Lipinski definition) is 2. The van der Waals surface area contributed by atoms with Crippen molar-refractivity contribution >= 4 is 0 Å². The molecule has 0 heterocycles. The van der Waals surface area contributed by atoms with Crippen molar-refractivity contribution in [3.05, 3.63) is 0 Å². The molecule has 0 spiro atoms. The first-order chi connectivity index (χ1) is 4.04. The van der Waals surface area contributed by atoms with Crippen LogP contribution >= 0.6 is 0 Å². The normalized spacial score (nSPS) is 11.2. The summed E-state index contributed by atoms with van der Waals surface area (Å²) < 4.78 is 0. The fourth-order valence-electron chi connectivity index (χ4n) is 0.692. The van der Waals surface area contributed by atoms with E-state index >= 15 is 0 Å². The maximum Gasteiger partial charge on any atom is 2.00 e. The zero-order valence-corrected chi connectivity index (χ0v) is 10.8. The van der Waals surface area contributed by atoms with Gasteiger partial charge in [-0.25, -0.2) is 0 Å². The Morgan fingerprint density at radius 2 is 1.33 bits per heavy atom. The van der Waals surface area contributed by atoms with E-state index in [4.69, 9.17) is 0 Å². The summed E-state index contributed by atoms with van der Waals surface area (Å²) in [4.78, 5) is 4.42. The van der Waals surface area contributed by atoms with E-state index in [-0.39, 0.29) is 41.3 Å². The minimum absolute atomic E-state index is 0. The number of likely N-dealkylation sites (N-methyl/N-ethyl adjacent to an activating group) is 2. The molecule has 0 aromatic rings. The molecule has 1 unspecified atom stereocenters. The molecule has 5 heteroatoms. The Labute approximate surface area is 98.8 Å². The third-order valence-electron chi connectivity index (χ3n) is 1.51. The Morgan fingerprint density at radius 1 is 1.00 bits per heavy atom. The SMILES string of the molecule is CC(CN(C)C)N(C)C.[Cl-].[Cl-].[Ni+2]. The van der Waals surface area contributed by atoms with Gasteiger partial charge in [0.25, 0.3) is 0 Å². The maximum absolute atomic E-state index is 2.22. The maximum atomic E-state index is 2.22. The van der Waals surface area contributed by atoms with Crippen LogP contribution in [-0.2, 0) is 16.5 Å². The van der Waals surface area contributed by atoms with Gasteiger partial charge in [0.1, 0.15) is 0 Å². The zero-order chi connectivity index (χ0) is 7.44. The van der Waals surface area contributed by atoms with E-state index in [9.17, 15) is 0 Å². The summed E-state index contributed by atoms with van der Waals surface area (Å²) in [6, 6.07) is 0.653. The molecule has 0 N–H and O–H groups in total. The first-order valence-electron chi connectivity index (χ1n) is 3.35. The predicted octanol–water partition coefficient (Wildman–Crippen LogP) is -5.50. The van der Waals surface area contributed by atoms with Gasteiger partial charge >= 0.3 is 16.5 Å². The van der Waals surface area contributed by atoms with Crippen molar-refractivity contribution in [3.63, 3.8) is 0 Å². The van der Waals surface area contributed by atoms with Crippen LogP contribution in [0, 0.1) is 0 Å². The van der Waals surface area contributed by atoms with Crippen LogP contribution in [-0.4, -0.2) is 50.6 Å². The van der Waals surface area contributed by atoms with Crippen molar-refractivity contribution in [1.82, 2.24) is 9.80 Å². The largest absolute Gasteiger partial charge is 2.00 e. The van der Waals surface area contributed by atoms with Crippen molar-refractivity contribution in [3.8, 4) is 0 Å². The molecule has 12 heavy (non-hydrogen) atoms. The Bertz CT molecular complexity index is 81.8. The van der Waals surface area contributed by atoms with Crippen LogP contribution in [0.15, 0.2) is 0 Å². The molecule has 2 nitrogen and oxygen atoms in total. The smallest absolute Gasteiger partial charge is 1.00 e. The Morgan fingerprint density at radius 3 is 1.42 bits per heavy atom. The van der Waals surface area contributed by atoms with Gasteiger partial charge in [-0.05, 0) is 35.1 Å². The molecule has 0 aromatic carbocycles. The molecule has 0 aliphatic rings. The van der Waals surface area contributed by atoms with E-state index in [1.165, 1.54) is 0 Å². The molecule has 0 aliphatic carbocycles. The van der Waals surface area contributed by atoms with E-state index in [1.54, 1.807) is 0 Å². The summed E-state index contributed by atoms with van der Waals surface area (Å²) in [5.41, 5.74) is 0. The average Bonchev–Trinajstić information content (AvgIpc) is 1.63. The standard InChI is InChI=1S/C7H18N2.2ClH.Ni/c1-7(9(4)5)6-8(2)3;;;/h7H,6H2,1-5H3;2*1H;/q;;;+2/p-2. The molecule has 0 radical (unpaired) electrons. The topological polar surface area (TPSA) is 6.48 Å². The third kappa shape index (κ3) is 13.6. The molecule has 0 saturated heterocycles. The van der Waals surface area contributed by atoms with E-state index in [0.29, 0.717) is 6.04 Å². The van der Waals surface area contributed by atoms with E-state index in [2.05, 4.69) is 44.9 Å². The van der Waals surface area contributed by atoms with E-state index in [0.717, 1.165) is 6.54 Å². The minimum atomic E-state index is 0. The average molecular weight is 260 g/mol. The molecule has 0 saturated carbocycles. The van der Waals surface area contributed by atoms with Gasteiger partial charge in [0.15, 0.2) is 0 Å². The fraction of sp³-hybridized carbons (Fsp3) is 1.00. The fourth-order valence-corrected chi connectivity index (χ4v) is 0.692. The van der Waals surface area contributed by atoms with Gasteiger partial charge < -0.3 is 34.6 Å². The van der Waals surface area contributed by atoms with Crippen LogP contribution in [0.5, 0.6) is 0 Å². The number of halogens is 2. The Hall–Kier alpha value is 0.994. The van der Waals surface area contributed by atoms with Gasteiger partial charge in [-0.3, -0.25) is 0 Å². The van der Waals surface area contributed by atoms with Gasteiger partial charge in [0, 0.05) is 12.6 Å². The second-order valence-electron chi connectivity index (χ2n) is 3.07. The van der Waals surface area contributed by atoms with Crippen molar-refractivity contribution < 1.29 is 41.3 Å². The molecule has 0 fully saturated rings. The van der Waals surface area contributed by atoms with Gasteiger partial charge in [-0.15, -0.1) is 0 Å². The molecule has 0 aromatic heterocycles. The van der Waals surface area contributed by atoms with Crippen molar-refractivity contribution in [2.45, 2.75) is 13.0 Å². The Kier molecular flexibility index (Phi) is 23.1. The monoisotopic (exact) mass is 258 g/mol. The molecule has 0 bridgehead atoms. The minimum Gasteiger partial charge on any atom is -1.00 e. The molecule has 1 atom stereocenters. The van der Waals surface area contributed by atoms with Crippen LogP contribution in [0.25, 0.3) is 0 Å². The molecular formula is C7H18Cl2N2Ni. The van der Waals surface area contributed by atoms with Crippen LogP contribution in [0.2, 0.25) is 0 Å². The number of rotatable bonds is 3. The van der Waals surface area contributed by atoms with Gasteiger partial charge in [-0.1, -0.05) is 0 Å². The van der Waals surface area contributed by atoms with Crippen molar-refractivity contribution in [2.75, 3.05) is 34.7 Å². The second kappa shape index (κ2) is 12.0. The van der Waals surface area contributed by atoms with Crippen molar-refractivity contribution in [1.29, 1.82) is 0 Å². The predicted molar refractivity (Wildman–Crippen MR) is 41.7 cm³/mol. The van der Waals surface area contributed by atoms with E-state index < -0.39 is 0 Å². The second-order valence-corrected chi connectivity index (χ2v) is 3.07. The first kappa shape index (κ1) is 23.1. The van der Waals surface area contributed by atoms with Crippen LogP contribution in [0.4, 0.5) is 0 Å². The number of hydrogen-bond donors (Lipinski definition) is 0. The Balaban J connectivity index is -0.000000107. The summed E-state index contributed by atoms with van der Waals surface area (Å²) in [5.74, 6) is 0. The van der Waals surface area contributed by atoms with Crippen molar-refractivity contribution in [2.24, 2.45) is 0 Å². The molecule has 0 aliphatic heterocycles. The van der Waals surface area contributed by atoms with E-state index in [1.807, 2.05) is 0 Å². The summed E-state index contributed by atoms with van der Waals surface area (Å²) in [5, 5.41) is 0. The third-order valence-corrected chi connectivity index (χ3v) is 1.51. The molecule has 0 rings (SSSR count). The molecule has 80 valence electrons. The summed E-state index contributed by atoms with van der Waals surface area (Å²) in [6.07, 6.45) is 0. The van der Waals surface area contributed by atoms with Gasteiger partial charge in [0.2, 0.25) is 0 Å². The van der Waals surface area contributed by atoms with Crippen LogP contribution in [0.3, 0.4) is 0 Å². The summed E-state index contributed by atoms with van der Waals surface area (Å²) in [7, 11) is 8.41. The molecule has 0 amide bonds. The van der Waals surface area contributed by atoms with Gasteiger partial charge in [-0.2, -0.15) is 0 Å². The number of nitrogens with zero attached hydrogens (tertiary/aromatic N) is 2.